The summed E-state index contributed by atoms with van der Waals surface area (Å²) in [5, 5.41) is 2.33. The van der Waals surface area contributed by atoms with Crippen LogP contribution in [-0.4, -0.2) is 19.1 Å². The third-order valence-corrected chi connectivity index (χ3v) is 9.82. The molecule has 0 unspecified atom stereocenters. The second-order valence-corrected chi connectivity index (χ2v) is 12.7. The molecule has 0 amide bonds. The highest BCUT2D eigenvalue weighted by Gasteiger charge is 2.27. The summed E-state index contributed by atoms with van der Waals surface area (Å²) in [4.78, 5) is 10.1. The molecule has 1 aliphatic carbocycles. The van der Waals surface area contributed by atoms with Gasteiger partial charge in [0.25, 0.3) is 0 Å². The van der Waals surface area contributed by atoms with Gasteiger partial charge in [0.05, 0.1) is 22.4 Å². The van der Waals surface area contributed by atoms with Crippen molar-refractivity contribution in [3.05, 3.63) is 164 Å². The van der Waals surface area contributed by atoms with Crippen molar-refractivity contribution in [2.75, 3.05) is 0 Å². The van der Waals surface area contributed by atoms with Crippen LogP contribution in [0.1, 0.15) is 0 Å². The number of fused-ring (bicyclic) bond motifs is 11. The lowest BCUT2D eigenvalue weighted by Gasteiger charge is -2.21. The molecule has 0 N–H and O–H groups in total. The molecule has 0 atom stereocenters. The van der Waals surface area contributed by atoms with Gasteiger partial charge in [0, 0.05) is 46.8 Å². The molecular weight excluding hydrogens is 613 g/mol. The van der Waals surface area contributed by atoms with E-state index in [2.05, 4.69) is 142 Å². The van der Waals surface area contributed by atoms with Gasteiger partial charge >= 0.3 is 0 Å². The smallest absolute Gasteiger partial charge is 0.141 e. The zero-order valence-corrected chi connectivity index (χ0v) is 27.3. The highest BCUT2D eigenvalue weighted by Crippen LogP contribution is 2.48. The standard InChI is InChI=1S/C45H30N4O/c1-48-44-39-21-7-5-18-35(39)33-16-3-2-15-32(33)34-17-4-6-20-38(34)43(44)47-45(48)29-13-12-14-30(27-29)50-31-24-25-37-36-19-8-9-22-40(36)49(41(37)28-31)42-23-10-11-26-46-42/h2-28H,1H3. The second kappa shape index (κ2) is 11.2. The Hall–Kier alpha value is -6.72. The average Bonchev–Trinajstić information content (AvgIpc) is 3.69. The van der Waals surface area contributed by atoms with Crippen LogP contribution in [0, 0.1) is 0 Å². The Morgan fingerprint density at radius 3 is 1.88 bits per heavy atom. The van der Waals surface area contributed by atoms with Gasteiger partial charge in [-0.05, 0) is 64.7 Å². The van der Waals surface area contributed by atoms with Gasteiger partial charge in [0.2, 0.25) is 0 Å². The van der Waals surface area contributed by atoms with Crippen molar-refractivity contribution < 1.29 is 4.74 Å². The van der Waals surface area contributed by atoms with Crippen LogP contribution in [0.5, 0.6) is 11.5 Å². The molecule has 0 saturated carbocycles. The number of aromatic nitrogens is 4. The van der Waals surface area contributed by atoms with E-state index in [9.17, 15) is 0 Å². The molecule has 1 aliphatic rings. The zero-order chi connectivity index (χ0) is 33.2. The molecule has 5 nitrogen and oxygen atoms in total. The summed E-state index contributed by atoms with van der Waals surface area (Å²) in [6.45, 7) is 0. The van der Waals surface area contributed by atoms with Gasteiger partial charge in [0.15, 0.2) is 0 Å². The van der Waals surface area contributed by atoms with Gasteiger partial charge in [-0.15, -0.1) is 0 Å². The van der Waals surface area contributed by atoms with Crippen LogP contribution in [0.25, 0.3) is 83.8 Å². The van der Waals surface area contributed by atoms with Crippen molar-refractivity contribution in [1.82, 2.24) is 19.1 Å². The minimum absolute atomic E-state index is 0.742. The summed E-state index contributed by atoms with van der Waals surface area (Å²) in [5.41, 5.74) is 12.3. The Morgan fingerprint density at radius 2 is 1.12 bits per heavy atom. The first-order chi connectivity index (χ1) is 24.7. The monoisotopic (exact) mass is 642 g/mol. The van der Waals surface area contributed by atoms with E-state index in [-0.39, 0.29) is 0 Å². The van der Waals surface area contributed by atoms with E-state index in [0.717, 1.165) is 67.6 Å². The van der Waals surface area contributed by atoms with Crippen LogP contribution >= 0.6 is 0 Å². The average molecular weight is 643 g/mol. The molecule has 0 fully saturated rings. The zero-order valence-electron chi connectivity index (χ0n) is 27.3. The number of nitrogens with zero attached hydrogens (tertiary/aromatic N) is 4. The first-order valence-electron chi connectivity index (χ1n) is 16.8. The summed E-state index contributed by atoms with van der Waals surface area (Å²) in [6, 6.07) is 54.9. The molecule has 5 heteroatoms. The van der Waals surface area contributed by atoms with Gasteiger partial charge in [-0.2, -0.15) is 0 Å². The number of hydrogen-bond donors (Lipinski definition) is 0. The number of ether oxygens (including phenoxy) is 1. The minimum atomic E-state index is 0.742. The molecule has 0 saturated heterocycles. The molecule has 10 rings (SSSR count). The maximum Gasteiger partial charge on any atom is 0.141 e. The largest absolute Gasteiger partial charge is 0.457 e. The molecule has 0 spiro atoms. The maximum absolute atomic E-state index is 6.60. The van der Waals surface area contributed by atoms with Crippen LogP contribution in [0.2, 0.25) is 0 Å². The van der Waals surface area contributed by atoms with Gasteiger partial charge in [-0.1, -0.05) is 109 Å². The Labute approximate surface area is 289 Å². The number of pyridine rings is 1. The Morgan fingerprint density at radius 1 is 0.500 bits per heavy atom. The first kappa shape index (κ1) is 28.3. The van der Waals surface area contributed by atoms with Crippen LogP contribution in [-0.2, 0) is 7.05 Å². The summed E-state index contributed by atoms with van der Waals surface area (Å²) in [7, 11) is 2.12. The second-order valence-electron chi connectivity index (χ2n) is 12.7. The van der Waals surface area contributed by atoms with Crippen LogP contribution < -0.4 is 4.74 Å². The highest BCUT2D eigenvalue weighted by atomic mass is 16.5. The van der Waals surface area contributed by atoms with Crippen LogP contribution in [0.3, 0.4) is 0 Å². The third kappa shape index (κ3) is 4.34. The lowest BCUT2D eigenvalue weighted by Crippen LogP contribution is -2.00. The van der Waals surface area contributed by atoms with E-state index in [1.165, 1.54) is 27.6 Å². The molecule has 0 radical (unpaired) electrons. The Balaban J connectivity index is 1.10. The number of rotatable bonds is 4. The summed E-state index contributed by atoms with van der Waals surface area (Å²) in [5.74, 6) is 3.24. The van der Waals surface area contributed by atoms with Gasteiger partial charge in [-0.25, -0.2) is 9.97 Å². The molecule has 3 heterocycles. The SMILES string of the molecule is Cn1c(-c2cccc(Oc3ccc4c5ccccc5n(-c5ccccn5)c4c3)c2)nc2c1-c1ccccc1-c1ccccc1-c1ccccc1-2. The normalized spacial score (nSPS) is 11.7. The van der Waals surface area contributed by atoms with Crippen molar-refractivity contribution in [2.45, 2.75) is 0 Å². The molecule has 0 bridgehead atoms. The molecule has 6 aromatic carbocycles. The lowest BCUT2D eigenvalue weighted by molar-refractivity contribution is 0.483. The fourth-order valence-corrected chi connectivity index (χ4v) is 7.64. The van der Waals surface area contributed by atoms with E-state index in [1.807, 2.05) is 42.6 Å². The predicted molar refractivity (Wildman–Crippen MR) is 203 cm³/mol. The molecule has 236 valence electrons. The van der Waals surface area contributed by atoms with E-state index < -0.39 is 0 Å². The molecule has 3 aromatic heterocycles. The van der Waals surface area contributed by atoms with Crippen molar-refractivity contribution >= 4 is 21.8 Å². The van der Waals surface area contributed by atoms with Crippen molar-refractivity contribution in [2.24, 2.45) is 7.05 Å². The summed E-state index contributed by atoms with van der Waals surface area (Å²) in [6.07, 6.45) is 1.83. The Kier molecular flexibility index (Phi) is 6.33. The fourth-order valence-electron chi connectivity index (χ4n) is 7.64. The molecular formula is C45H30N4O. The topological polar surface area (TPSA) is 44.9 Å². The van der Waals surface area contributed by atoms with E-state index in [0.29, 0.717) is 0 Å². The third-order valence-electron chi connectivity index (χ3n) is 9.82. The molecule has 50 heavy (non-hydrogen) atoms. The molecule has 0 aliphatic heterocycles. The number of hydrogen-bond acceptors (Lipinski definition) is 3. The van der Waals surface area contributed by atoms with Crippen LogP contribution in [0.15, 0.2) is 164 Å². The number of imidazole rings is 1. The van der Waals surface area contributed by atoms with E-state index in [4.69, 9.17) is 9.72 Å². The number of benzene rings is 6. The lowest BCUT2D eigenvalue weighted by atomic mass is 9.84. The maximum atomic E-state index is 6.60. The first-order valence-corrected chi connectivity index (χ1v) is 16.8. The van der Waals surface area contributed by atoms with Gasteiger partial charge in [0.1, 0.15) is 23.1 Å². The minimum Gasteiger partial charge on any atom is -0.457 e. The fraction of sp³-hybridized carbons (Fsp3) is 0.0222. The quantitative estimate of drug-likeness (QED) is 0.192. The van der Waals surface area contributed by atoms with Crippen molar-refractivity contribution in [1.29, 1.82) is 0 Å². The highest BCUT2D eigenvalue weighted by molar-refractivity contribution is 6.09. The van der Waals surface area contributed by atoms with Crippen LogP contribution in [0.4, 0.5) is 0 Å². The molecule has 9 aromatic rings. The summed E-state index contributed by atoms with van der Waals surface area (Å²) < 4.78 is 11.0. The van der Waals surface area contributed by atoms with Crippen molar-refractivity contribution in [3.8, 4) is 73.5 Å². The van der Waals surface area contributed by atoms with E-state index >= 15 is 0 Å². The predicted octanol–water partition coefficient (Wildman–Crippen LogP) is 11.4. The van der Waals surface area contributed by atoms with Gasteiger partial charge in [-0.3, -0.25) is 4.57 Å². The van der Waals surface area contributed by atoms with E-state index in [1.54, 1.807) is 0 Å². The van der Waals surface area contributed by atoms with Crippen molar-refractivity contribution in [3.63, 3.8) is 0 Å². The van der Waals surface area contributed by atoms with Gasteiger partial charge < -0.3 is 9.30 Å². The Bertz CT molecular complexity index is 2760. The summed E-state index contributed by atoms with van der Waals surface area (Å²) >= 11 is 0. The number of para-hydroxylation sites is 1.